The van der Waals surface area contributed by atoms with Crippen molar-refractivity contribution in [2.24, 2.45) is 0 Å². The molecule has 2 atom stereocenters. The number of benzene rings is 2. The number of aromatic nitrogens is 2. The molecule has 1 aliphatic rings. The van der Waals surface area contributed by atoms with Crippen molar-refractivity contribution in [1.29, 1.82) is 0 Å². The lowest BCUT2D eigenvalue weighted by Crippen LogP contribution is -2.29. The Balaban J connectivity index is 1.70. The fourth-order valence-electron chi connectivity index (χ4n) is 4.98. The molecule has 37 heavy (non-hydrogen) atoms. The topological polar surface area (TPSA) is 85.5 Å². The highest BCUT2D eigenvalue weighted by Crippen LogP contribution is 2.44. The maximum absolute atomic E-state index is 13.8. The molecule has 0 bridgehead atoms. The molecular formula is C27H24FN5O3S. The van der Waals surface area contributed by atoms with Crippen LogP contribution in [0.15, 0.2) is 72.9 Å². The molecule has 188 valence electrons. The van der Waals surface area contributed by atoms with Crippen LogP contribution in [0.5, 0.6) is 5.75 Å². The number of nitrogens with one attached hydrogen (secondary N) is 1. The summed E-state index contributed by atoms with van der Waals surface area (Å²) in [7, 11) is 1.53. The fraction of sp³-hybridized carbons (Fsp3) is 0.185. The molecule has 10 heteroatoms. The Bertz CT molecular complexity index is 1490. The summed E-state index contributed by atoms with van der Waals surface area (Å²) in [6.07, 6.45) is 1.73. The van der Waals surface area contributed by atoms with Crippen molar-refractivity contribution in [2.75, 3.05) is 12.0 Å². The molecule has 5 rings (SSSR count). The van der Waals surface area contributed by atoms with Crippen LogP contribution < -0.4 is 15.0 Å². The minimum absolute atomic E-state index is 0.0344. The summed E-state index contributed by atoms with van der Waals surface area (Å²) in [4.78, 5) is 17.6. The Kier molecular flexibility index (Phi) is 6.34. The number of nitro benzene ring substituents is 1. The summed E-state index contributed by atoms with van der Waals surface area (Å²) in [6.45, 7) is 3.90. The number of thiocarbonyl (C=S) groups is 1. The van der Waals surface area contributed by atoms with Crippen LogP contribution >= 0.6 is 12.2 Å². The van der Waals surface area contributed by atoms with E-state index in [9.17, 15) is 14.5 Å². The normalized spacial score (nSPS) is 17.1. The average Bonchev–Trinajstić information content (AvgIpc) is 3.39. The number of nitrogens with zero attached hydrogens (tertiary/aromatic N) is 4. The quantitative estimate of drug-likeness (QED) is 0.199. The summed E-state index contributed by atoms with van der Waals surface area (Å²) < 4.78 is 21.3. The maximum atomic E-state index is 13.8. The van der Waals surface area contributed by atoms with Crippen molar-refractivity contribution in [1.82, 2.24) is 14.9 Å². The third-order valence-electron chi connectivity index (χ3n) is 6.61. The SMILES string of the molecule is COc1ccc([N+](=O)[O-])cc1-n1c(C)cc(C2C(c3ccccn3)NC(=S)N2c2ccc(F)cc2)c1C. The number of methoxy groups -OCH3 is 1. The number of rotatable bonds is 6. The molecule has 4 aromatic rings. The first-order valence-electron chi connectivity index (χ1n) is 11.6. The highest BCUT2D eigenvalue weighted by atomic mass is 32.1. The van der Waals surface area contributed by atoms with Gasteiger partial charge in [0, 0.05) is 35.4 Å². The van der Waals surface area contributed by atoms with Gasteiger partial charge in [-0.25, -0.2) is 4.39 Å². The lowest BCUT2D eigenvalue weighted by Gasteiger charge is -2.28. The molecule has 1 fully saturated rings. The van der Waals surface area contributed by atoms with Crippen molar-refractivity contribution in [3.05, 3.63) is 112 Å². The third kappa shape index (κ3) is 4.29. The first kappa shape index (κ1) is 24.4. The standard InChI is InChI=1S/C27H24FN5O3S/c1-16-14-21(17(2)31(16)23-15-20(33(34)35)11-12-24(23)36-3)26-25(22-6-4-5-13-29-22)30-27(37)32(26)19-9-7-18(28)8-10-19/h4-15,25-26H,1-3H3,(H,30,37). The van der Waals surface area contributed by atoms with E-state index in [0.717, 1.165) is 28.3 Å². The molecule has 2 aromatic carbocycles. The molecule has 2 unspecified atom stereocenters. The minimum Gasteiger partial charge on any atom is -0.495 e. The molecule has 1 aliphatic heterocycles. The van der Waals surface area contributed by atoms with E-state index in [1.165, 1.54) is 31.4 Å². The number of non-ortho nitro benzene ring substituents is 1. The lowest BCUT2D eigenvalue weighted by atomic mass is 9.96. The predicted octanol–water partition coefficient (Wildman–Crippen LogP) is 5.72. The average molecular weight is 518 g/mol. The molecule has 0 amide bonds. The van der Waals surface area contributed by atoms with Crippen LogP contribution in [0.2, 0.25) is 0 Å². The Morgan fingerprint density at radius 2 is 1.86 bits per heavy atom. The highest BCUT2D eigenvalue weighted by molar-refractivity contribution is 7.80. The maximum Gasteiger partial charge on any atom is 0.271 e. The minimum atomic E-state index is -0.426. The monoisotopic (exact) mass is 517 g/mol. The van der Waals surface area contributed by atoms with E-state index in [2.05, 4.69) is 10.3 Å². The van der Waals surface area contributed by atoms with Crippen LogP contribution in [-0.2, 0) is 0 Å². The number of hydrogen-bond donors (Lipinski definition) is 1. The van der Waals surface area contributed by atoms with Crippen LogP contribution in [0.4, 0.5) is 15.8 Å². The molecule has 3 heterocycles. The Labute approximate surface area is 218 Å². The number of nitro groups is 1. The molecule has 8 nitrogen and oxygen atoms in total. The number of ether oxygens (including phenoxy) is 1. The smallest absolute Gasteiger partial charge is 0.271 e. The zero-order valence-corrected chi connectivity index (χ0v) is 21.2. The van der Waals surface area contributed by atoms with Gasteiger partial charge >= 0.3 is 0 Å². The number of hydrogen-bond acceptors (Lipinski definition) is 5. The van der Waals surface area contributed by atoms with E-state index < -0.39 is 4.92 Å². The largest absolute Gasteiger partial charge is 0.495 e. The van der Waals surface area contributed by atoms with Crippen molar-refractivity contribution in [2.45, 2.75) is 25.9 Å². The first-order valence-corrected chi connectivity index (χ1v) is 12.0. The molecule has 0 spiro atoms. The molecule has 0 radical (unpaired) electrons. The number of halogens is 1. The second kappa shape index (κ2) is 9.62. The number of pyridine rings is 1. The summed E-state index contributed by atoms with van der Waals surface area (Å²) in [5, 5.41) is 15.4. The summed E-state index contributed by atoms with van der Waals surface area (Å²) in [5.74, 6) is 0.172. The summed E-state index contributed by atoms with van der Waals surface area (Å²) in [6, 6.07) is 17.9. The predicted molar refractivity (Wildman–Crippen MR) is 143 cm³/mol. The van der Waals surface area contributed by atoms with Crippen molar-refractivity contribution < 1.29 is 14.1 Å². The van der Waals surface area contributed by atoms with Crippen LogP contribution in [-0.4, -0.2) is 26.7 Å². The van der Waals surface area contributed by atoms with E-state index in [1.807, 2.05) is 47.6 Å². The second-order valence-corrected chi connectivity index (χ2v) is 9.13. The first-order chi connectivity index (χ1) is 17.8. The Hall–Kier alpha value is -4.31. The Morgan fingerprint density at radius 3 is 2.51 bits per heavy atom. The highest BCUT2D eigenvalue weighted by Gasteiger charge is 2.42. The molecule has 0 aliphatic carbocycles. The van der Waals surface area contributed by atoms with Gasteiger partial charge in [0.25, 0.3) is 5.69 Å². The van der Waals surface area contributed by atoms with Gasteiger partial charge in [-0.05, 0) is 80.2 Å². The zero-order chi connectivity index (χ0) is 26.3. The van der Waals surface area contributed by atoms with Gasteiger partial charge < -0.3 is 19.5 Å². The van der Waals surface area contributed by atoms with E-state index >= 15 is 0 Å². The molecule has 1 N–H and O–H groups in total. The number of anilines is 1. The van der Waals surface area contributed by atoms with Gasteiger partial charge in [-0.2, -0.15) is 0 Å². The van der Waals surface area contributed by atoms with Gasteiger partial charge in [-0.15, -0.1) is 0 Å². The molecular weight excluding hydrogens is 493 g/mol. The number of aryl methyl sites for hydroxylation is 1. The van der Waals surface area contributed by atoms with Crippen LogP contribution in [0, 0.1) is 29.8 Å². The van der Waals surface area contributed by atoms with Gasteiger partial charge in [0.1, 0.15) is 11.6 Å². The van der Waals surface area contributed by atoms with Gasteiger partial charge in [0.15, 0.2) is 5.11 Å². The van der Waals surface area contributed by atoms with Crippen molar-refractivity contribution in [3.63, 3.8) is 0 Å². The third-order valence-corrected chi connectivity index (χ3v) is 6.92. The summed E-state index contributed by atoms with van der Waals surface area (Å²) >= 11 is 5.76. The van der Waals surface area contributed by atoms with E-state index in [-0.39, 0.29) is 23.6 Å². The van der Waals surface area contributed by atoms with Crippen molar-refractivity contribution >= 4 is 28.7 Å². The fourth-order valence-corrected chi connectivity index (χ4v) is 5.32. The van der Waals surface area contributed by atoms with Crippen LogP contribution in [0.3, 0.4) is 0 Å². The van der Waals surface area contributed by atoms with Gasteiger partial charge in [0.05, 0.1) is 35.5 Å². The van der Waals surface area contributed by atoms with Crippen LogP contribution in [0.1, 0.15) is 34.7 Å². The van der Waals surface area contributed by atoms with E-state index in [0.29, 0.717) is 16.5 Å². The second-order valence-electron chi connectivity index (χ2n) is 8.75. The summed E-state index contributed by atoms with van der Waals surface area (Å²) in [5.41, 5.74) is 4.74. The van der Waals surface area contributed by atoms with Crippen molar-refractivity contribution in [3.8, 4) is 11.4 Å². The molecule has 2 aromatic heterocycles. The molecule has 1 saturated heterocycles. The van der Waals surface area contributed by atoms with Crippen LogP contribution in [0.25, 0.3) is 5.69 Å². The van der Waals surface area contributed by atoms with Gasteiger partial charge in [-0.1, -0.05) is 6.07 Å². The molecule has 0 saturated carbocycles. The Morgan fingerprint density at radius 1 is 1.11 bits per heavy atom. The van der Waals surface area contributed by atoms with E-state index in [4.69, 9.17) is 17.0 Å². The van der Waals surface area contributed by atoms with Gasteiger partial charge in [0.2, 0.25) is 0 Å². The lowest BCUT2D eigenvalue weighted by molar-refractivity contribution is -0.384. The zero-order valence-electron chi connectivity index (χ0n) is 20.4. The van der Waals surface area contributed by atoms with E-state index in [1.54, 1.807) is 24.4 Å². The van der Waals surface area contributed by atoms with Gasteiger partial charge in [-0.3, -0.25) is 15.1 Å².